The van der Waals surface area contributed by atoms with Crippen LogP contribution in [0.3, 0.4) is 0 Å². The van der Waals surface area contributed by atoms with E-state index in [9.17, 15) is 19.7 Å². The first-order valence-corrected chi connectivity index (χ1v) is 13.4. The molecule has 9 nitrogen and oxygen atoms in total. The predicted octanol–water partition coefficient (Wildman–Crippen LogP) is 4.29. The van der Waals surface area contributed by atoms with Crippen molar-refractivity contribution in [2.45, 2.75) is 26.0 Å². The highest BCUT2D eigenvalue weighted by molar-refractivity contribution is 7.07. The van der Waals surface area contributed by atoms with E-state index in [1.807, 2.05) is 49.4 Å². The lowest BCUT2D eigenvalue weighted by molar-refractivity contribution is -0.384. The molecular formula is C30H25N3O6S. The maximum Gasteiger partial charge on any atom is 0.338 e. The Balaban J connectivity index is 1.45. The molecule has 0 radical (unpaired) electrons. The number of hydrogen-bond acceptors (Lipinski definition) is 8. The fourth-order valence-corrected chi connectivity index (χ4v) is 5.53. The lowest BCUT2D eigenvalue weighted by Crippen LogP contribution is -2.40. The van der Waals surface area contributed by atoms with Gasteiger partial charge in [-0.05, 0) is 53.5 Å². The van der Waals surface area contributed by atoms with Crippen LogP contribution in [0.15, 0.2) is 99.9 Å². The zero-order valence-electron chi connectivity index (χ0n) is 21.8. The molecular weight excluding hydrogens is 530 g/mol. The number of nitro groups is 1. The van der Waals surface area contributed by atoms with Crippen molar-refractivity contribution in [1.82, 2.24) is 4.57 Å². The summed E-state index contributed by atoms with van der Waals surface area (Å²) in [7, 11) is 1.33. The van der Waals surface area contributed by atoms with E-state index in [2.05, 4.69) is 4.99 Å². The molecule has 1 aliphatic rings. The third kappa shape index (κ3) is 5.34. The Bertz CT molecular complexity index is 1770. The van der Waals surface area contributed by atoms with E-state index >= 15 is 0 Å². The number of benzene rings is 3. The minimum absolute atomic E-state index is 0.0286. The maximum atomic E-state index is 13.7. The van der Waals surface area contributed by atoms with E-state index in [1.54, 1.807) is 34.9 Å². The van der Waals surface area contributed by atoms with Crippen molar-refractivity contribution in [3.8, 4) is 5.75 Å². The quantitative estimate of drug-likeness (QED) is 0.182. The average molecular weight is 556 g/mol. The number of nitrogens with zero attached hydrogens (tertiary/aromatic N) is 3. The number of esters is 1. The van der Waals surface area contributed by atoms with Gasteiger partial charge in [0.25, 0.3) is 11.2 Å². The first kappa shape index (κ1) is 26.8. The van der Waals surface area contributed by atoms with Gasteiger partial charge in [0.05, 0.1) is 33.9 Å². The summed E-state index contributed by atoms with van der Waals surface area (Å²) in [6.07, 6.45) is 2.31. The third-order valence-electron chi connectivity index (χ3n) is 6.50. The van der Waals surface area contributed by atoms with Crippen molar-refractivity contribution < 1.29 is 19.2 Å². The SMILES string of the molecule is CCC1=C(C(=O)OC)[C@H](c2ccccc2)n2c(s/c(=C\c3ccc(OCc4ccc([N+](=O)[O-])cc4)cc3)c2=O)=N1. The summed E-state index contributed by atoms with van der Waals surface area (Å²) in [6, 6.07) is 22.2. The molecule has 1 aliphatic heterocycles. The van der Waals surface area contributed by atoms with Crippen molar-refractivity contribution in [2.24, 2.45) is 4.99 Å². The minimum atomic E-state index is -0.641. The lowest BCUT2D eigenvalue weighted by Gasteiger charge is -2.25. The highest BCUT2D eigenvalue weighted by Crippen LogP contribution is 2.31. The van der Waals surface area contributed by atoms with Crippen LogP contribution in [-0.2, 0) is 16.1 Å². The molecule has 0 unspecified atom stereocenters. The summed E-state index contributed by atoms with van der Waals surface area (Å²) in [5, 5.41) is 10.8. The summed E-state index contributed by atoms with van der Waals surface area (Å²) in [5.41, 5.74) is 3.15. The normalized spacial score (nSPS) is 14.8. The van der Waals surface area contributed by atoms with Gasteiger partial charge in [-0.3, -0.25) is 19.5 Å². The number of rotatable bonds is 8. The number of ether oxygens (including phenoxy) is 2. The number of carbonyl (C=O) groups excluding carboxylic acids is 1. The molecule has 40 heavy (non-hydrogen) atoms. The molecule has 10 heteroatoms. The second-order valence-corrected chi connectivity index (χ2v) is 9.99. The van der Waals surface area contributed by atoms with E-state index < -0.39 is 16.9 Å². The van der Waals surface area contributed by atoms with Gasteiger partial charge >= 0.3 is 5.97 Å². The van der Waals surface area contributed by atoms with Crippen molar-refractivity contribution in [1.29, 1.82) is 0 Å². The van der Waals surface area contributed by atoms with Gasteiger partial charge < -0.3 is 9.47 Å². The zero-order chi connectivity index (χ0) is 28.2. The van der Waals surface area contributed by atoms with Gasteiger partial charge in [-0.15, -0.1) is 0 Å². The summed E-state index contributed by atoms with van der Waals surface area (Å²) < 4.78 is 13.0. The Kier molecular flexibility index (Phi) is 7.70. The molecule has 0 N–H and O–H groups in total. The molecule has 1 atom stereocenters. The molecule has 1 aromatic heterocycles. The Morgan fingerprint density at radius 3 is 2.40 bits per heavy atom. The fourth-order valence-electron chi connectivity index (χ4n) is 4.51. The molecule has 0 spiro atoms. The van der Waals surface area contributed by atoms with E-state index in [-0.39, 0.29) is 17.9 Å². The maximum absolute atomic E-state index is 13.7. The van der Waals surface area contributed by atoms with E-state index in [0.29, 0.717) is 32.8 Å². The lowest BCUT2D eigenvalue weighted by atomic mass is 9.95. The summed E-state index contributed by atoms with van der Waals surface area (Å²) in [5.74, 6) is 0.115. The standard InChI is InChI=1S/C30H25N3O6S/c1-3-24-26(29(35)38-2)27(21-7-5-4-6-8-21)32-28(34)25(40-30(32)31-24)17-19-11-15-23(16-12-19)39-18-20-9-13-22(14-10-20)33(36)37/h4-17,27H,3,18H2,1-2H3/b25-17-/t27-/m0/s1. The summed E-state index contributed by atoms with van der Waals surface area (Å²) in [4.78, 5) is 42.1. The van der Waals surface area contributed by atoms with Gasteiger partial charge in [0.2, 0.25) is 0 Å². The van der Waals surface area contributed by atoms with Gasteiger partial charge in [0.15, 0.2) is 4.80 Å². The van der Waals surface area contributed by atoms with Crippen LogP contribution >= 0.6 is 11.3 Å². The first-order valence-electron chi connectivity index (χ1n) is 12.5. The van der Waals surface area contributed by atoms with Gasteiger partial charge in [0, 0.05) is 12.1 Å². The molecule has 202 valence electrons. The number of allylic oxidation sites excluding steroid dienone is 1. The molecule has 0 saturated carbocycles. The molecule has 0 bridgehead atoms. The smallest absolute Gasteiger partial charge is 0.338 e. The summed E-state index contributed by atoms with van der Waals surface area (Å²) >= 11 is 1.27. The number of aromatic nitrogens is 1. The second-order valence-electron chi connectivity index (χ2n) is 8.98. The molecule has 0 fully saturated rings. The van der Waals surface area contributed by atoms with Crippen LogP contribution < -0.4 is 19.6 Å². The predicted molar refractivity (Wildman–Crippen MR) is 151 cm³/mol. The number of nitro benzene ring substituents is 1. The third-order valence-corrected chi connectivity index (χ3v) is 7.48. The number of carbonyl (C=O) groups is 1. The van der Waals surface area contributed by atoms with Crippen molar-refractivity contribution >= 4 is 29.1 Å². The first-order chi connectivity index (χ1) is 19.4. The Labute approximate surface area is 233 Å². The van der Waals surface area contributed by atoms with Crippen LogP contribution in [0.4, 0.5) is 5.69 Å². The average Bonchev–Trinajstić information content (AvgIpc) is 3.30. The van der Waals surface area contributed by atoms with Crippen LogP contribution in [0.2, 0.25) is 0 Å². The molecule has 5 rings (SSSR count). The zero-order valence-corrected chi connectivity index (χ0v) is 22.6. The second kappa shape index (κ2) is 11.5. The minimum Gasteiger partial charge on any atom is -0.489 e. The van der Waals surface area contributed by atoms with E-state index in [0.717, 1.165) is 16.7 Å². The Morgan fingerprint density at radius 2 is 1.77 bits per heavy atom. The van der Waals surface area contributed by atoms with Crippen LogP contribution in [0, 0.1) is 10.1 Å². The number of hydrogen-bond donors (Lipinski definition) is 0. The van der Waals surface area contributed by atoms with Crippen LogP contribution in [0.1, 0.15) is 36.1 Å². The highest BCUT2D eigenvalue weighted by Gasteiger charge is 2.33. The van der Waals surface area contributed by atoms with Gasteiger partial charge in [-0.25, -0.2) is 9.79 Å². The number of non-ortho nitro benzene ring substituents is 1. The van der Waals surface area contributed by atoms with Crippen molar-refractivity contribution in [3.63, 3.8) is 0 Å². The molecule has 0 saturated heterocycles. The van der Waals surface area contributed by atoms with Crippen LogP contribution in [0.25, 0.3) is 6.08 Å². The Morgan fingerprint density at radius 1 is 1.07 bits per heavy atom. The Hall–Kier alpha value is -4.83. The number of thiazole rings is 1. The molecule has 0 amide bonds. The monoisotopic (exact) mass is 555 g/mol. The van der Waals surface area contributed by atoms with Crippen LogP contribution in [0.5, 0.6) is 5.75 Å². The van der Waals surface area contributed by atoms with Gasteiger partial charge in [-0.2, -0.15) is 0 Å². The fraction of sp³-hybridized carbons (Fsp3) is 0.167. The number of methoxy groups -OCH3 is 1. The van der Waals surface area contributed by atoms with Gasteiger partial charge in [0.1, 0.15) is 12.4 Å². The van der Waals surface area contributed by atoms with Crippen molar-refractivity contribution in [3.05, 3.63) is 137 Å². The molecule has 0 aliphatic carbocycles. The summed E-state index contributed by atoms with van der Waals surface area (Å²) in [6.45, 7) is 2.18. The molecule has 2 heterocycles. The molecule has 4 aromatic rings. The number of fused-ring (bicyclic) bond motifs is 1. The van der Waals surface area contributed by atoms with Crippen molar-refractivity contribution in [2.75, 3.05) is 7.11 Å². The topological polar surface area (TPSA) is 113 Å². The van der Waals surface area contributed by atoms with Crippen LogP contribution in [-0.4, -0.2) is 22.6 Å². The van der Waals surface area contributed by atoms with E-state index in [4.69, 9.17) is 9.47 Å². The van der Waals surface area contributed by atoms with E-state index in [1.165, 1.54) is 30.6 Å². The van der Waals surface area contributed by atoms with Gasteiger partial charge in [-0.1, -0.05) is 60.7 Å². The largest absolute Gasteiger partial charge is 0.489 e. The highest BCUT2D eigenvalue weighted by atomic mass is 32.1. The molecule has 3 aromatic carbocycles.